The first-order valence-corrected chi connectivity index (χ1v) is 8.89. The number of rotatable bonds is 10. The molecule has 0 saturated heterocycles. The highest BCUT2D eigenvalue weighted by atomic mass is 16.5. The zero-order valence-corrected chi connectivity index (χ0v) is 14.6. The minimum absolute atomic E-state index is 0.00979. The van der Waals surface area contributed by atoms with Gasteiger partial charge in [0, 0.05) is 0 Å². The van der Waals surface area contributed by atoms with Crippen LogP contribution in [0.2, 0.25) is 0 Å². The summed E-state index contributed by atoms with van der Waals surface area (Å²) >= 11 is 0. The van der Waals surface area contributed by atoms with E-state index < -0.39 is 36.4 Å². The van der Waals surface area contributed by atoms with Gasteiger partial charge in [0.05, 0.1) is 32.3 Å². The molecule has 2 rings (SSSR count). The third-order valence-electron chi connectivity index (χ3n) is 5.22. The Hall–Kier alpha value is -1.67. The quantitative estimate of drug-likeness (QED) is 0.484. The largest absolute Gasteiger partial charge is 0.481 e. The van der Waals surface area contributed by atoms with Crippen LogP contribution in [0.3, 0.4) is 0 Å². The molecule has 0 radical (unpaired) electrons. The summed E-state index contributed by atoms with van der Waals surface area (Å²) in [6.07, 6.45) is 6.57. The van der Waals surface area contributed by atoms with Gasteiger partial charge in [0.2, 0.25) is 5.91 Å². The van der Waals surface area contributed by atoms with Gasteiger partial charge in [-0.25, -0.2) is 4.79 Å². The maximum absolute atomic E-state index is 12.0. The second-order valence-corrected chi connectivity index (χ2v) is 6.97. The van der Waals surface area contributed by atoms with Gasteiger partial charge in [0.15, 0.2) is 6.04 Å². The Morgan fingerprint density at radius 2 is 1.72 bits per heavy atom. The number of nitrogens with two attached hydrogens (primary N) is 1. The summed E-state index contributed by atoms with van der Waals surface area (Å²) in [5.74, 6) is -1.47. The molecule has 0 aliphatic heterocycles. The van der Waals surface area contributed by atoms with Crippen LogP contribution in [0, 0.1) is 11.8 Å². The summed E-state index contributed by atoms with van der Waals surface area (Å²) in [6.45, 7) is 0.00979. The molecule has 0 aromatic carbocycles. The Labute approximate surface area is 147 Å². The predicted molar refractivity (Wildman–Crippen MR) is 88.6 cm³/mol. The first-order chi connectivity index (χ1) is 11.9. The number of amides is 1. The van der Waals surface area contributed by atoms with Crippen molar-refractivity contribution >= 4 is 17.8 Å². The van der Waals surface area contributed by atoms with Gasteiger partial charge in [-0.1, -0.05) is 12.8 Å². The molecular formula is C17H28N2O6. The number of methoxy groups -OCH3 is 1. The lowest BCUT2D eigenvalue weighted by atomic mass is 9.70. The molecule has 2 aliphatic rings. The molecular weight excluding hydrogens is 328 g/mol. The van der Waals surface area contributed by atoms with Crippen molar-refractivity contribution in [3.8, 4) is 0 Å². The van der Waals surface area contributed by atoms with Gasteiger partial charge in [0.25, 0.3) is 0 Å². The van der Waals surface area contributed by atoms with Gasteiger partial charge < -0.3 is 25.6 Å². The molecule has 0 aromatic rings. The van der Waals surface area contributed by atoms with Crippen molar-refractivity contribution in [2.45, 2.75) is 63.1 Å². The number of ether oxygens (including phenoxy) is 2. The normalized spacial score (nSPS) is 20.3. The SMILES string of the molecule is COC(=O)[C@H](COC(C1CCC1)C1CCC1)NC(=O)[C@@H](N)CC(=O)O. The molecule has 25 heavy (non-hydrogen) atoms. The van der Waals surface area contributed by atoms with E-state index in [-0.39, 0.29) is 12.7 Å². The van der Waals surface area contributed by atoms with E-state index >= 15 is 0 Å². The zero-order valence-electron chi connectivity index (χ0n) is 14.6. The topological polar surface area (TPSA) is 128 Å². The van der Waals surface area contributed by atoms with E-state index in [9.17, 15) is 14.4 Å². The average Bonchev–Trinajstić information content (AvgIpc) is 2.45. The fraction of sp³-hybridized carbons (Fsp3) is 0.824. The fourth-order valence-electron chi connectivity index (χ4n) is 3.27. The average molecular weight is 356 g/mol. The Bertz CT molecular complexity index is 476. The van der Waals surface area contributed by atoms with Gasteiger partial charge in [0.1, 0.15) is 0 Å². The van der Waals surface area contributed by atoms with Crippen LogP contribution in [0.4, 0.5) is 0 Å². The molecule has 2 saturated carbocycles. The van der Waals surface area contributed by atoms with Crippen molar-refractivity contribution in [1.82, 2.24) is 5.32 Å². The first kappa shape index (κ1) is 19.7. The Balaban J connectivity index is 1.90. The van der Waals surface area contributed by atoms with Crippen molar-refractivity contribution in [2.24, 2.45) is 17.6 Å². The van der Waals surface area contributed by atoms with E-state index in [1.54, 1.807) is 0 Å². The zero-order chi connectivity index (χ0) is 18.4. The maximum atomic E-state index is 12.0. The van der Waals surface area contributed by atoms with Gasteiger partial charge in [-0.05, 0) is 37.5 Å². The van der Waals surface area contributed by atoms with Crippen molar-refractivity contribution in [1.29, 1.82) is 0 Å². The molecule has 2 aliphatic carbocycles. The molecule has 0 spiro atoms. The van der Waals surface area contributed by atoms with Crippen molar-refractivity contribution < 1.29 is 29.0 Å². The molecule has 0 bridgehead atoms. The van der Waals surface area contributed by atoms with Crippen LogP contribution >= 0.6 is 0 Å². The molecule has 1 amide bonds. The molecule has 142 valence electrons. The lowest BCUT2D eigenvalue weighted by Gasteiger charge is -2.42. The van der Waals surface area contributed by atoms with Crippen molar-refractivity contribution in [3.63, 3.8) is 0 Å². The predicted octanol–water partition coefficient (Wildman–Crippen LogP) is 0.432. The maximum Gasteiger partial charge on any atom is 0.330 e. The number of carboxylic acids is 1. The van der Waals surface area contributed by atoms with E-state index in [0.717, 1.165) is 25.7 Å². The van der Waals surface area contributed by atoms with Gasteiger partial charge >= 0.3 is 11.9 Å². The minimum Gasteiger partial charge on any atom is -0.481 e. The fourth-order valence-corrected chi connectivity index (χ4v) is 3.27. The molecule has 8 nitrogen and oxygen atoms in total. The number of aliphatic carboxylic acids is 1. The number of hydrogen-bond donors (Lipinski definition) is 3. The Morgan fingerprint density at radius 1 is 1.16 bits per heavy atom. The second-order valence-electron chi connectivity index (χ2n) is 6.97. The van der Waals surface area contributed by atoms with Crippen LogP contribution in [-0.4, -0.2) is 54.9 Å². The number of carbonyl (C=O) groups excluding carboxylic acids is 2. The summed E-state index contributed by atoms with van der Waals surface area (Å²) in [5.41, 5.74) is 5.54. The van der Waals surface area contributed by atoms with Crippen LogP contribution in [-0.2, 0) is 23.9 Å². The smallest absolute Gasteiger partial charge is 0.330 e. The summed E-state index contributed by atoms with van der Waals surface area (Å²) in [7, 11) is 1.23. The van der Waals surface area contributed by atoms with Gasteiger partial charge in [-0.3, -0.25) is 9.59 Å². The van der Waals surface area contributed by atoms with Crippen LogP contribution < -0.4 is 11.1 Å². The van der Waals surface area contributed by atoms with Crippen LogP contribution in [0.1, 0.15) is 44.9 Å². The van der Waals surface area contributed by atoms with E-state index in [2.05, 4.69) is 5.32 Å². The lowest BCUT2D eigenvalue weighted by Crippen LogP contribution is -2.52. The van der Waals surface area contributed by atoms with Crippen molar-refractivity contribution in [2.75, 3.05) is 13.7 Å². The number of nitrogens with one attached hydrogen (secondary N) is 1. The van der Waals surface area contributed by atoms with Gasteiger partial charge in [-0.15, -0.1) is 0 Å². The second kappa shape index (κ2) is 9.15. The monoisotopic (exact) mass is 356 g/mol. The summed E-state index contributed by atoms with van der Waals surface area (Å²) < 4.78 is 10.7. The number of carboxylic acid groups (broad SMARTS) is 1. The number of hydrogen-bond acceptors (Lipinski definition) is 6. The molecule has 8 heteroatoms. The van der Waals surface area contributed by atoms with E-state index in [1.165, 1.54) is 20.0 Å². The molecule has 0 aromatic heterocycles. The van der Waals surface area contributed by atoms with Crippen molar-refractivity contribution in [3.05, 3.63) is 0 Å². The number of carbonyl (C=O) groups is 3. The standard InChI is InChI=1S/C17H28N2O6/c1-24-17(23)13(19-16(22)12(18)8-14(20)21)9-25-15(10-4-2-5-10)11-6-3-7-11/h10-13,15H,2-9,18H2,1H3,(H,19,22)(H,20,21)/t12-,13-/m0/s1. The molecule has 4 N–H and O–H groups in total. The summed E-state index contributed by atoms with van der Waals surface area (Å²) in [5, 5.41) is 11.2. The highest BCUT2D eigenvalue weighted by Crippen LogP contribution is 2.41. The van der Waals surface area contributed by atoms with Crippen LogP contribution in [0.25, 0.3) is 0 Å². The van der Waals surface area contributed by atoms with E-state index in [0.29, 0.717) is 11.8 Å². The number of esters is 1. The van der Waals surface area contributed by atoms with Gasteiger partial charge in [-0.2, -0.15) is 0 Å². The highest BCUT2D eigenvalue weighted by molar-refractivity contribution is 5.89. The first-order valence-electron chi connectivity index (χ1n) is 8.89. The molecule has 0 heterocycles. The van der Waals surface area contributed by atoms with E-state index in [4.69, 9.17) is 20.3 Å². The van der Waals surface area contributed by atoms with E-state index in [1.807, 2.05) is 0 Å². The highest BCUT2D eigenvalue weighted by Gasteiger charge is 2.38. The minimum atomic E-state index is -1.22. The molecule has 0 unspecified atom stereocenters. The lowest BCUT2D eigenvalue weighted by molar-refractivity contribution is -0.150. The third kappa shape index (κ3) is 5.40. The Morgan fingerprint density at radius 3 is 2.12 bits per heavy atom. The Kier molecular flexibility index (Phi) is 7.19. The molecule has 2 atom stereocenters. The summed E-state index contributed by atoms with van der Waals surface area (Å²) in [4.78, 5) is 34.6. The third-order valence-corrected chi connectivity index (χ3v) is 5.22. The molecule has 2 fully saturated rings. The summed E-state index contributed by atoms with van der Waals surface area (Å²) in [6, 6.07) is -2.21. The van der Waals surface area contributed by atoms with Crippen LogP contribution in [0.15, 0.2) is 0 Å². The van der Waals surface area contributed by atoms with Crippen LogP contribution in [0.5, 0.6) is 0 Å².